The molecule has 128 valence electrons. The summed E-state index contributed by atoms with van der Waals surface area (Å²) in [7, 11) is 0. The molecule has 4 aromatic rings. The molecule has 0 unspecified atom stereocenters. The lowest BCUT2D eigenvalue weighted by atomic mass is 10.2. The van der Waals surface area contributed by atoms with Crippen LogP contribution in [0.4, 0.5) is 22.7 Å². The Bertz CT molecular complexity index is 782. The largest absolute Gasteiger partial charge is 0.399 e. The second kappa shape index (κ2) is 9.09. The van der Waals surface area contributed by atoms with Gasteiger partial charge in [-0.1, -0.05) is 72.8 Å². The Morgan fingerprint density at radius 3 is 0.885 bits per heavy atom. The van der Waals surface area contributed by atoms with E-state index in [-0.39, 0.29) is 0 Å². The molecule has 0 spiro atoms. The van der Waals surface area contributed by atoms with Gasteiger partial charge in [0.1, 0.15) is 0 Å². The van der Waals surface area contributed by atoms with Crippen molar-refractivity contribution in [1.29, 1.82) is 0 Å². The zero-order valence-electron chi connectivity index (χ0n) is 14.6. The first-order chi connectivity index (χ1) is 12.8. The van der Waals surface area contributed by atoms with Crippen molar-refractivity contribution in [3.63, 3.8) is 0 Å². The van der Waals surface area contributed by atoms with Gasteiger partial charge in [0.05, 0.1) is 0 Å². The molecular weight excluding hydrogens is 316 g/mol. The van der Waals surface area contributed by atoms with Gasteiger partial charge in [-0.3, -0.25) is 0 Å². The summed E-state index contributed by atoms with van der Waals surface area (Å²) in [4.78, 5) is 2.25. The first-order valence-corrected chi connectivity index (χ1v) is 8.60. The fourth-order valence-electron chi connectivity index (χ4n) is 2.63. The van der Waals surface area contributed by atoms with Crippen LogP contribution in [-0.2, 0) is 0 Å². The highest BCUT2D eigenvalue weighted by Gasteiger charge is 2.10. The highest BCUT2D eigenvalue weighted by atomic mass is 15.1. The summed E-state index contributed by atoms with van der Waals surface area (Å²) in [6.45, 7) is 0. The number of hydrogen-bond donors (Lipinski definition) is 1. The van der Waals surface area contributed by atoms with Crippen LogP contribution in [0.5, 0.6) is 0 Å². The second-order valence-corrected chi connectivity index (χ2v) is 5.75. The summed E-state index contributed by atoms with van der Waals surface area (Å²) in [5, 5.41) is 0. The molecule has 4 aromatic carbocycles. The van der Waals surface area contributed by atoms with Crippen molar-refractivity contribution in [1.82, 2.24) is 0 Å². The van der Waals surface area contributed by atoms with Gasteiger partial charge in [-0.2, -0.15) is 0 Å². The van der Waals surface area contributed by atoms with Gasteiger partial charge in [-0.15, -0.1) is 0 Å². The molecular formula is C24H22N2. The third-order valence-corrected chi connectivity index (χ3v) is 3.84. The predicted octanol–water partition coefficient (Wildman–Crippen LogP) is 6.43. The van der Waals surface area contributed by atoms with E-state index < -0.39 is 0 Å². The number of benzene rings is 4. The molecule has 0 aliphatic heterocycles. The minimum atomic E-state index is 0.822. The lowest BCUT2D eigenvalue weighted by Gasteiger charge is -2.25. The zero-order chi connectivity index (χ0) is 18.0. The van der Waals surface area contributed by atoms with Crippen molar-refractivity contribution in [2.24, 2.45) is 0 Å². The summed E-state index contributed by atoms with van der Waals surface area (Å²) in [5.41, 5.74) is 9.68. The van der Waals surface area contributed by atoms with E-state index in [1.165, 1.54) is 17.1 Å². The summed E-state index contributed by atoms with van der Waals surface area (Å²) < 4.78 is 0. The maximum atomic E-state index is 5.36. The molecule has 0 radical (unpaired) electrons. The van der Waals surface area contributed by atoms with Crippen molar-refractivity contribution in [2.45, 2.75) is 0 Å². The van der Waals surface area contributed by atoms with Gasteiger partial charge in [0.15, 0.2) is 0 Å². The Morgan fingerprint density at radius 1 is 0.385 bits per heavy atom. The number of nitrogen functional groups attached to an aromatic ring is 1. The minimum Gasteiger partial charge on any atom is -0.399 e. The van der Waals surface area contributed by atoms with Gasteiger partial charge in [0.25, 0.3) is 0 Å². The molecule has 0 aromatic heterocycles. The van der Waals surface area contributed by atoms with E-state index in [1.807, 2.05) is 48.5 Å². The molecule has 0 aliphatic rings. The Kier molecular flexibility index (Phi) is 6.05. The van der Waals surface area contributed by atoms with E-state index >= 15 is 0 Å². The van der Waals surface area contributed by atoms with Crippen molar-refractivity contribution in [3.8, 4) is 0 Å². The van der Waals surface area contributed by atoms with Gasteiger partial charge in [-0.05, 0) is 48.5 Å². The van der Waals surface area contributed by atoms with Crippen molar-refractivity contribution >= 4 is 22.7 Å². The van der Waals surface area contributed by atoms with E-state index in [2.05, 4.69) is 77.7 Å². The van der Waals surface area contributed by atoms with Crippen LogP contribution in [0.3, 0.4) is 0 Å². The van der Waals surface area contributed by atoms with Crippen LogP contribution >= 0.6 is 0 Å². The Hall–Kier alpha value is -3.52. The molecule has 26 heavy (non-hydrogen) atoms. The average Bonchev–Trinajstić information content (AvgIpc) is 2.72. The monoisotopic (exact) mass is 338 g/mol. The highest BCUT2D eigenvalue weighted by Crippen LogP contribution is 2.33. The first-order valence-electron chi connectivity index (χ1n) is 8.60. The smallest absolute Gasteiger partial charge is 0.0461 e. The molecule has 0 heterocycles. The van der Waals surface area contributed by atoms with E-state index in [1.54, 1.807) is 0 Å². The molecule has 0 saturated heterocycles. The van der Waals surface area contributed by atoms with Crippen LogP contribution in [-0.4, -0.2) is 0 Å². The van der Waals surface area contributed by atoms with Gasteiger partial charge in [0, 0.05) is 22.7 Å². The van der Waals surface area contributed by atoms with Crippen LogP contribution in [0.2, 0.25) is 0 Å². The normalized spacial score (nSPS) is 9.69. The van der Waals surface area contributed by atoms with Crippen LogP contribution in [0, 0.1) is 0 Å². The molecule has 4 rings (SSSR count). The molecule has 0 atom stereocenters. The topological polar surface area (TPSA) is 29.3 Å². The van der Waals surface area contributed by atoms with E-state index in [0.29, 0.717) is 0 Å². The predicted molar refractivity (Wildman–Crippen MR) is 112 cm³/mol. The van der Waals surface area contributed by atoms with Gasteiger partial charge in [-0.25, -0.2) is 0 Å². The molecule has 0 fully saturated rings. The average molecular weight is 338 g/mol. The lowest BCUT2D eigenvalue weighted by Crippen LogP contribution is -2.09. The Labute approximate surface area is 155 Å². The van der Waals surface area contributed by atoms with Gasteiger partial charge in [0.2, 0.25) is 0 Å². The van der Waals surface area contributed by atoms with Crippen molar-refractivity contribution in [2.75, 3.05) is 10.6 Å². The standard InChI is InChI=1S/C18H15N.C6H7N/c1-4-10-16(11-5-1)19(17-12-6-2-7-13-17)18-14-8-3-9-15-18;7-6-4-2-1-3-5-6/h1-15H;1-5H,7H2. The fourth-order valence-corrected chi connectivity index (χ4v) is 2.63. The minimum absolute atomic E-state index is 0.822. The second-order valence-electron chi connectivity index (χ2n) is 5.75. The number of nitrogens with two attached hydrogens (primary N) is 1. The first kappa shape index (κ1) is 17.3. The van der Waals surface area contributed by atoms with Crippen LogP contribution in [0.15, 0.2) is 121 Å². The molecule has 2 heteroatoms. The number of anilines is 4. The zero-order valence-corrected chi connectivity index (χ0v) is 14.6. The Balaban J connectivity index is 0.000000236. The maximum absolute atomic E-state index is 5.36. The summed E-state index contributed by atoms with van der Waals surface area (Å²) >= 11 is 0. The Morgan fingerprint density at radius 2 is 0.654 bits per heavy atom. The summed E-state index contributed by atoms with van der Waals surface area (Å²) in [6, 6.07) is 40.7. The van der Waals surface area contributed by atoms with Crippen LogP contribution < -0.4 is 10.6 Å². The highest BCUT2D eigenvalue weighted by molar-refractivity contribution is 5.76. The van der Waals surface area contributed by atoms with Crippen molar-refractivity contribution < 1.29 is 0 Å². The van der Waals surface area contributed by atoms with Crippen LogP contribution in [0.25, 0.3) is 0 Å². The third-order valence-electron chi connectivity index (χ3n) is 3.84. The summed E-state index contributed by atoms with van der Waals surface area (Å²) in [6.07, 6.45) is 0. The summed E-state index contributed by atoms with van der Waals surface area (Å²) in [5.74, 6) is 0. The molecule has 2 nitrogen and oxygen atoms in total. The van der Waals surface area contributed by atoms with Crippen LogP contribution in [0.1, 0.15) is 0 Å². The van der Waals surface area contributed by atoms with E-state index in [4.69, 9.17) is 5.73 Å². The van der Waals surface area contributed by atoms with Gasteiger partial charge < -0.3 is 10.6 Å². The third kappa shape index (κ3) is 4.74. The van der Waals surface area contributed by atoms with Crippen molar-refractivity contribution in [3.05, 3.63) is 121 Å². The number of nitrogens with zero attached hydrogens (tertiary/aromatic N) is 1. The quantitative estimate of drug-likeness (QED) is 0.436. The number of para-hydroxylation sites is 4. The fraction of sp³-hybridized carbons (Fsp3) is 0. The molecule has 0 amide bonds. The maximum Gasteiger partial charge on any atom is 0.0461 e. The molecule has 0 bridgehead atoms. The molecule has 2 N–H and O–H groups in total. The molecule has 0 aliphatic carbocycles. The SMILES string of the molecule is Nc1ccccc1.c1ccc(N(c2ccccc2)c2ccccc2)cc1. The molecule has 0 saturated carbocycles. The van der Waals surface area contributed by atoms with E-state index in [0.717, 1.165) is 5.69 Å². The van der Waals surface area contributed by atoms with E-state index in [9.17, 15) is 0 Å². The number of rotatable bonds is 3. The number of hydrogen-bond acceptors (Lipinski definition) is 2. The lowest BCUT2D eigenvalue weighted by molar-refractivity contribution is 1.28. The van der Waals surface area contributed by atoms with Gasteiger partial charge >= 0.3 is 0 Å².